The number of amides is 2. The Morgan fingerprint density at radius 3 is 2.36 bits per heavy atom. The average Bonchev–Trinajstić information content (AvgIpc) is 2.67. The summed E-state index contributed by atoms with van der Waals surface area (Å²) < 4.78 is 0. The van der Waals surface area contributed by atoms with Crippen LogP contribution in [0.4, 0.5) is 4.79 Å². The van der Waals surface area contributed by atoms with Crippen LogP contribution in [0.1, 0.15) is 63.9 Å². The number of unbranched alkanes of at least 4 members (excludes halogenated alkanes) is 1. The number of hydrogen-bond donors (Lipinski definition) is 0. The van der Waals surface area contributed by atoms with Gasteiger partial charge in [0.1, 0.15) is 0 Å². The highest BCUT2D eigenvalue weighted by Crippen LogP contribution is 2.42. The van der Waals surface area contributed by atoms with Crippen LogP contribution in [0.15, 0.2) is 24.3 Å². The van der Waals surface area contributed by atoms with Gasteiger partial charge < -0.3 is 9.80 Å². The second-order valence-electron chi connectivity index (χ2n) is 8.95. The van der Waals surface area contributed by atoms with Crippen LogP contribution in [-0.2, 0) is 6.54 Å². The van der Waals surface area contributed by atoms with Crippen molar-refractivity contribution in [3.63, 3.8) is 0 Å². The second kappa shape index (κ2) is 8.62. The number of urea groups is 1. The van der Waals surface area contributed by atoms with Gasteiger partial charge in [-0.25, -0.2) is 4.79 Å². The molecular weight excluding hydrogens is 370 g/mol. The molecule has 1 aromatic carbocycles. The van der Waals surface area contributed by atoms with Crippen LogP contribution in [0.25, 0.3) is 0 Å². The van der Waals surface area contributed by atoms with Crippen molar-refractivity contribution in [2.24, 2.45) is 0 Å². The number of hydrogen-bond acceptors (Lipinski definition) is 2. The molecule has 0 atom stereocenters. The molecule has 3 aliphatic rings. The lowest BCUT2D eigenvalue weighted by molar-refractivity contribution is -0.0422. The average molecular weight is 404 g/mol. The van der Waals surface area contributed by atoms with Gasteiger partial charge in [-0.1, -0.05) is 37.1 Å². The minimum Gasteiger partial charge on any atom is -0.325 e. The van der Waals surface area contributed by atoms with Gasteiger partial charge in [0.15, 0.2) is 0 Å². The Kier molecular flexibility index (Phi) is 6.17. The molecule has 0 bridgehead atoms. The van der Waals surface area contributed by atoms with E-state index in [0.717, 1.165) is 69.9 Å². The quantitative estimate of drug-likeness (QED) is 0.656. The topological polar surface area (TPSA) is 26.8 Å². The second-order valence-corrected chi connectivity index (χ2v) is 9.39. The van der Waals surface area contributed by atoms with Crippen LogP contribution in [0.5, 0.6) is 0 Å². The monoisotopic (exact) mass is 403 g/mol. The first-order valence-electron chi connectivity index (χ1n) is 11.2. The zero-order valence-electron chi connectivity index (χ0n) is 17.2. The zero-order chi connectivity index (χ0) is 19.6. The fourth-order valence-corrected chi connectivity index (χ4v) is 5.25. The number of benzene rings is 1. The molecule has 0 radical (unpaired) electrons. The summed E-state index contributed by atoms with van der Waals surface area (Å²) in [5, 5.41) is 0.797. The van der Waals surface area contributed by atoms with E-state index < -0.39 is 0 Å². The Morgan fingerprint density at radius 2 is 1.75 bits per heavy atom. The van der Waals surface area contributed by atoms with Crippen molar-refractivity contribution in [3.05, 3.63) is 34.9 Å². The lowest BCUT2D eigenvalue weighted by Gasteiger charge is -2.58. The van der Waals surface area contributed by atoms with E-state index in [1.165, 1.54) is 24.8 Å². The van der Waals surface area contributed by atoms with Crippen molar-refractivity contribution < 1.29 is 4.79 Å². The maximum atomic E-state index is 13.4. The third-order valence-corrected chi connectivity index (χ3v) is 7.41. The predicted octanol–water partition coefficient (Wildman–Crippen LogP) is 5.15. The van der Waals surface area contributed by atoms with Crippen LogP contribution in [0, 0.1) is 0 Å². The first kappa shape index (κ1) is 20.0. The number of nitrogens with zero attached hydrogens (tertiary/aromatic N) is 3. The van der Waals surface area contributed by atoms with Crippen LogP contribution in [-0.4, -0.2) is 58.5 Å². The number of carbonyl (C=O) groups excluding carboxylic acids is 1. The first-order chi connectivity index (χ1) is 13.6. The minimum atomic E-state index is 0.0986. The summed E-state index contributed by atoms with van der Waals surface area (Å²) in [5.74, 6) is 0. The molecule has 2 amide bonds. The molecule has 2 saturated heterocycles. The van der Waals surface area contributed by atoms with Crippen LogP contribution < -0.4 is 0 Å². The van der Waals surface area contributed by atoms with Crippen molar-refractivity contribution in [2.45, 2.75) is 76.4 Å². The number of halogens is 1. The van der Waals surface area contributed by atoms with Gasteiger partial charge in [-0.2, -0.15) is 0 Å². The fourth-order valence-electron chi connectivity index (χ4n) is 5.13. The molecule has 2 heterocycles. The zero-order valence-corrected chi connectivity index (χ0v) is 18.0. The minimum absolute atomic E-state index is 0.0986. The molecule has 5 heteroatoms. The van der Waals surface area contributed by atoms with E-state index >= 15 is 0 Å². The molecule has 1 aliphatic carbocycles. The molecule has 0 unspecified atom stereocenters. The van der Waals surface area contributed by atoms with Crippen molar-refractivity contribution in [3.8, 4) is 0 Å². The maximum Gasteiger partial charge on any atom is 0.320 e. The Morgan fingerprint density at radius 1 is 1.07 bits per heavy atom. The van der Waals surface area contributed by atoms with Crippen molar-refractivity contribution in [1.29, 1.82) is 0 Å². The summed E-state index contributed by atoms with van der Waals surface area (Å²) in [6.45, 7) is 7.21. The Labute approximate surface area is 174 Å². The van der Waals surface area contributed by atoms with Crippen LogP contribution in [0.3, 0.4) is 0 Å². The molecule has 1 spiro atoms. The molecule has 4 rings (SSSR count). The molecule has 3 fully saturated rings. The normalized spacial score (nSPS) is 23.3. The standard InChI is InChI=1S/C23H34ClN3O/c1-2-3-14-26-17-13-23(27(22(26)28)21-5-4-6-21)11-15-25(16-12-23)18-19-7-9-20(24)10-8-19/h7-10,21H,2-6,11-18H2,1H3. The smallest absolute Gasteiger partial charge is 0.320 e. The van der Waals surface area contributed by atoms with Gasteiger partial charge in [0.25, 0.3) is 0 Å². The molecule has 1 saturated carbocycles. The van der Waals surface area contributed by atoms with E-state index in [1.54, 1.807) is 0 Å². The fraction of sp³-hybridized carbons (Fsp3) is 0.696. The van der Waals surface area contributed by atoms with Gasteiger partial charge >= 0.3 is 6.03 Å². The molecule has 2 aliphatic heterocycles. The van der Waals surface area contributed by atoms with E-state index in [2.05, 4.69) is 33.8 Å². The summed E-state index contributed by atoms with van der Waals surface area (Å²) in [6, 6.07) is 9.03. The van der Waals surface area contributed by atoms with E-state index in [0.29, 0.717) is 12.1 Å². The summed E-state index contributed by atoms with van der Waals surface area (Å²) in [6.07, 6.45) is 9.32. The van der Waals surface area contributed by atoms with Crippen molar-refractivity contribution in [1.82, 2.24) is 14.7 Å². The molecule has 4 nitrogen and oxygen atoms in total. The Balaban J connectivity index is 1.42. The van der Waals surface area contributed by atoms with Gasteiger partial charge in [0.2, 0.25) is 0 Å². The predicted molar refractivity (Wildman–Crippen MR) is 115 cm³/mol. The van der Waals surface area contributed by atoms with Gasteiger partial charge in [-0.05, 0) is 62.6 Å². The lowest BCUT2D eigenvalue weighted by Crippen LogP contribution is -2.68. The lowest BCUT2D eigenvalue weighted by atomic mass is 9.77. The summed E-state index contributed by atoms with van der Waals surface area (Å²) in [7, 11) is 0. The molecular formula is C23H34ClN3O. The highest BCUT2D eigenvalue weighted by Gasteiger charge is 2.50. The summed E-state index contributed by atoms with van der Waals surface area (Å²) in [4.78, 5) is 20.4. The molecule has 1 aromatic rings. The molecule has 28 heavy (non-hydrogen) atoms. The van der Waals surface area contributed by atoms with Crippen molar-refractivity contribution in [2.75, 3.05) is 26.2 Å². The van der Waals surface area contributed by atoms with E-state index in [9.17, 15) is 4.79 Å². The highest BCUT2D eigenvalue weighted by molar-refractivity contribution is 6.30. The van der Waals surface area contributed by atoms with E-state index in [1.807, 2.05) is 12.1 Å². The maximum absolute atomic E-state index is 13.4. The van der Waals surface area contributed by atoms with Gasteiger partial charge in [-0.15, -0.1) is 0 Å². The summed E-state index contributed by atoms with van der Waals surface area (Å²) >= 11 is 6.02. The Bertz CT molecular complexity index is 665. The third-order valence-electron chi connectivity index (χ3n) is 7.16. The van der Waals surface area contributed by atoms with Crippen LogP contribution >= 0.6 is 11.6 Å². The van der Waals surface area contributed by atoms with Gasteiger partial charge in [-0.3, -0.25) is 4.90 Å². The summed E-state index contributed by atoms with van der Waals surface area (Å²) in [5.41, 5.74) is 1.42. The number of likely N-dealkylation sites (tertiary alicyclic amines) is 1. The van der Waals surface area contributed by atoms with E-state index in [4.69, 9.17) is 11.6 Å². The third kappa shape index (κ3) is 4.04. The largest absolute Gasteiger partial charge is 0.325 e. The SMILES string of the molecule is CCCCN1CCC2(CCN(Cc3ccc(Cl)cc3)CC2)N(C2CCC2)C1=O. The van der Waals surface area contributed by atoms with Crippen LogP contribution in [0.2, 0.25) is 5.02 Å². The van der Waals surface area contributed by atoms with Gasteiger partial charge in [0, 0.05) is 49.3 Å². The number of carbonyl (C=O) groups is 1. The highest BCUT2D eigenvalue weighted by atomic mass is 35.5. The Hall–Kier alpha value is -1.26. The number of rotatable bonds is 6. The molecule has 0 aromatic heterocycles. The van der Waals surface area contributed by atoms with E-state index in [-0.39, 0.29) is 5.54 Å². The first-order valence-corrected chi connectivity index (χ1v) is 11.5. The number of piperidine rings is 1. The van der Waals surface area contributed by atoms with Gasteiger partial charge in [0.05, 0.1) is 0 Å². The molecule has 154 valence electrons. The molecule has 0 N–H and O–H groups in total. The van der Waals surface area contributed by atoms with Crippen molar-refractivity contribution >= 4 is 17.6 Å².